The van der Waals surface area contributed by atoms with Crippen LogP contribution in [0.1, 0.15) is 21.8 Å². The largest absolute Gasteiger partial charge is 0.489 e. The second-order valence-electron chi connectivity index (χ2n) is 5.99. The van der Waals surface area contributed by atoms with Gasteiger partial charge in [-0.05, 0) is 17.7 Å². The van der Waals surface area contributed by atoms with Crippen molar-refractivity contribution in [2.24, 2.45) is 5.73 Å². The highest BCUT2D eigenvalue weighted by molar-refractivity contribution is 5.97. The maximum absolute atomic E-state index is 12.9. The molecule has 0 spiro atoms. The summed E-state index contributed by atoms with van der Waals surface area (Å²) in [5, 5.41) is 0. The molecular formula is C20H22N2O2. The van der Waals surface area contributed by atoms with E-state index in [-0.39, 0.29) is 17.9 Å². The zero-order valence-electron chi connectivity index (χ0n) is 13.6. The lowest BCUT2D eigenvalue weighted by Crippen LogP contribution is -2.32. The van der Waals surface area contributed by atoms with Gasteiger partial charge in [0, 0.05) is 25.0 Å². The molecule has 0 unspecified atom stereocenters. The van der Waals surface area contributed by atoms with E-state index in [1.165, 1.54) is 5.56 Å². The number of rotatable bonds is 5. The molecule has 24 heavy (non-hydrogen) atoms. The van der Waals surface area contributed by atoms with Crippen molar-refractivity contribution >= 4 is 5.91 Å². The quantitative estimate of drug-likeness (QED) is 0.861. The Morgan fingerprint density at radius 3 is 2.62 bits per heavy atom. The maximum Gasteiger partial charge on any atom is 0.257 e. The second-order valence-corrected chi connectivity index (χ2v) is 5.99. The van der Waals surface area contributed by atoms with Gasteiger partial charge in [0.15, 0.2) is 0 Å². The number of carbonyl (C=O) groups excluding carboxylic acids is 1. The highest BCUT2D eigenvalue weighted by Gasteiger charge is 2.34. The third kappa shape index (κ3) is 3.34. The summed E-state index contributed by atoms with van der Waals surface area (Å²) in [6.07, 6.45) is 1.67. The molecular weight excluding hydrogens is 300 g/mol. The van der Waals surface area contributed by atoms with Crippen LogP contribution < -0.4 is 10.5 Å². The minimum Gasteiger partial charge on any atom is -0.489 e. The predicted octanol–water partition coefficient (Wildman–Crippen LogP) is 2.82. The Morgan fingerprint density at radius 2 is 1.88 bits per heavy atom. The minimum atomic E-state index is -0.0578. The smallest absolute Gasteiger partial charge is 0.257 e. The molecule has 124 valence electrons. The van der Waals surface area contributed by atoms with Crippen molar-refractivity contribution in [3.63, 3.8) is 0 Å². The SMILES string of the molecule is C=CCOc1ccccc1C(=O)N1C[C@@H](N)[C@H](c2ccccc2)C1. The van der Waals surface area contributed by atoms with Crippen molar-refractivity contribution in [1.82, 2.24) is 4.90 Å². The summed E-state index contributed by atoms with van der Waals surface area (Å²) in [5.74, 6) is 0.707. The molecule has 1 aliphatic rings. The van der Waals surface area contributed by atoms with Crippen LogP contribution >= 0.6 is 0 Å². The van der Waals surface area contributed by atoms with Crippen LogP contribution in [0.3, 0.4) is 0 Å². The third-order valence-electron chi connectivity index (χ3n) is 4.35. The van der Waals surface area contributed by atoms with E-state index in [0.717, 1.165) is 0 Å². The lowest BCUT2D eigenvalue weighted by Gasteiger charge is -2.18. The first-order chi connectivity index (χ1) is 11.7. The molecule has 0 bridgehead atoms. The van der Waals surface area contributed by atoms with E-state index in [2.05, 4.69) is 18.7 Å². The van der Waals surface area contributed by atoms with Crippen LogP contribution in [0.25, 0.3) is 0 Å². The number of likely N-dealkylation sites (tertiary alicyclic amines) is 1. The Morgan fingerprint density at radius 1 is 1.17 bits per heavy atom. The van der Waals surface area contributed by atoms with Crippen LogP contribution in [-0.2, 0) is 0 Å². The van der Waals surface area contributed by atoms with Crippen LogP contribution in [0.5, 0.6) is 5.75 Å². The molecule has 1 saturated heterocycles. The van der Waals surface area contributed by atoms with Gasteiger partial charge < -0.3 is 15.4 Å². The molecule has 2 aromatic carbocycles. The number of para-hydroxylation sites is 1. The fourth-order valence-corrected chi connectivity index (χ4v) is 3.14. The van der Waals surface area contributed by atoms with Gasteiger partial charge in [0.2, 0.25) is 0 Å². The Balaban J connectivity index is 1.78. The molecule has 0 saturated carbocycles. The summed E-state index contributed by atoms with van der Waals surface area (Å²) in [7, 11) is 0. The van der Waals surface area contributed by atoms with E-state index in [1.807, 2.05) is 35.2 Å². The van der Waals surface area contributed by atoms with Crippen molar-refractivity contribution in [1.29, 1.82) is 0 Å². The lowest BCUT2D eigenvalue weighted by molar-refractivity contribution is 0.0785. The van der Waals surface area contributed by atoms with Crippen LogP contribution in [0.15, 0.2) is 67.3 Å². The number of benzene rings is 2. The first kappa shape index (κ1) is 16.3. The summed E-state index contributed by atoms with van der Waals surface area (Å²) in [6.45, 7) is 5.19. The van der Waals surface area contributed by atoms with Crippen LogP contribution in [0.4, 0.5) is 0 Å². The molecule has 1 heterocycles. The van der Waals surface area contributed by atoms with Crippen LogP contribution in [0.2, 0.25) is 0 Å². The number of hydrogen-bond donors (Lipinski definition) is 1. The van der Waals surface area contributed by atoms with Crippen LogP contribution in [0, 0.1) is 0 Å². The Bertz CT molecular complexity index is 715. The third-order valence-corrected chi connectivity index (χ3v) is 4.35. The molecule has 1 fully saturated rings. The molecule has 2 aromatic rings. The Labute approximate surface area is 142 Å². The fraction of sp³-hybridized carbons (Fsp3) is 0.250. The normalized spacial score (nSPS) is 20.0. The first-order valence-electron chi connectivity index (χ1n) is 8.13. The molecule has 2 atom stereocenters. The van der Waals surface area contributed by atoms with E-state index in [0.29, 0.717) is 31.0 Å². The van der Waals surface area contributed by atoms with E-state index in [1.54, 1.807) is 18.2 Å². The van der Waals surface area contributed by atoms with Crippen molar-refractivity contribution in [2.75, 3.05) is 19.7 Å². The Hall–Kier alpha value is -2.59. The van der Waals surface area contributed by atoms with Gasteiger partial charge >= 0.3 is 0 Å². The molecule has 2 N–H and O–H groups in total. The molecule has 3 rings (SSSR count). The lowest BCUT2D eigenvalue weighted by atomic mass is 9.95. The predicted molar refractivity (Wildman–Crippen MR) is 95.2 cm³/mol. The van der Waals surface area contributed by atoms with Gasteiger partial charge in [-0.3, -0.25) is 4.79 Å². The number of hydrogen-bond acceptors (Lipinski definition) is 3. The van der Waals surface area contributed by atoms with Crippen molar-refractivity contribution in [3.05, 3.63) is 78.4 Å². The van der Waals surface area contributed by atoms with Gasteiger partial charge in [-0.2, -0.15) is 0 Å². The molecule has 0 aromatic heterocycles. The minimum absolute atomic E-state index is 0.0384. The number of nitrogens with zero attached hydrogens (tertiary/aromatic N) is 1. The summed E-state index contributed by atoms with van der Waals surface area (Å²) in [6, 6.07) is 17.4. The molecule has 0 radical (unpaired) electrons. The van der Waals surface area contributed by atoms with Crippen LogP contribution in [-0.4, -0.2) is 36.5 Å². The molecule has 1 aliphatic heterocycles. The monoisotopic (exact) mass is 322 g/mol. The molecule has 1 amide bonds. The standard InChI is InChI=1S/C20H22N2O2/c1-2-12-24-19-11-7-6-10-16(19)20(23)22-13-17(18(21)14-22)15-8-4-3-5-9-15/h2-11,17-18H,1,12-14,21H2/t17-,18+/m0/s1. The van der Waals surface area contributed by atoms with Gasteiger partial charge in [-0.1, -0.05) is 55.1 Å². The number of nitrogens with two attached hydrogens (primary N) is 1. The van der Waals surface area contributed by atoms with Gasteiger partial charge in [0.05, 0.1) is 5.56 Å². The zero-order chi connectivity index (χ0) is 16.9. The van der Waals surface area contributed by atoms with Gasteiger partial charge in [-0.25, -0.2) is 0 Å². The topological polar surface area (TPSA) is 55.6 Å². The van der Waals surface area contributed by atoms with Gasteiger partial charge in [0.25, 0.3) is 5.91 Å². The maximum atomic E-state index is 12.9. The number of amides is 1. The van der Waals surface area contributed by atoms with E-state index in [9.17, 15) is 4.79 Å². The van der Waals surface area contributed by atoms with Gasteiger partial charge in [0.1, 0.15) is 12.4 Å². The zero-order valence-corrected chi connectivity index (χ0v) is 13.6. The average molecular weight is 322 g/mol. The first-order valence-corrected chi connectivity index (χ1v) is 8.13. The second kappa shape index (κ2) is 7.32. The summed E-state index contributed by atoms with van der Waals surface area (Å²) in [4.78, 5) is 14.7. The van der Waals surface area contributed by atoms with E-state index in [4.69, 9.17) is 10.5 Å². The van der Waals surface area contributed by atoms with E-state index >= 15 is 0 Å². The summed E-state index contributed by atoms with van der Waals surface area (Å²) in [5.41, 5.74) is 8.04. The van der Waals surface area contributed by atoms with Crippen molar-refractivity contribution < 1.29 is 9.53 Å². The molecule has 4 nitrogen and oxygen atoms in total. The number of ether oxygens (including phenoxy) is 1. The van der Waals surface area contributed by atoms with E-state index < -0.39 is 0 Å². The summed E-state index contributed by atoms with van der Waals surface area (Å²) < 4.78 is 5.61. The highest BCUT2D eigenvalue weighted by Crippen LogP contribution is 2.29. The number of carbonyl (C=O) groups is 1. The highest BCUT2D eigenvalue weighted by atomic mass is 16.5. The Kier molecular flexibility index (Phi) is 4.96. The van der Waals surface area contributed by atoms with Gasteiger partial charge in [-0.15, -0.1) is 0 Å². The molecule has 4 heteroatoms. The van der Waals surface area contributed by atoms with Crippen molar-refractivity contribution in [3.8, 4) is 5.75 Å². The fourth-order valence-electron chi connectivity index (χ4n) is 3.14. The van der Waals surface area contributed by atoms with Crippen molar-refractivity contribution in [2.45, 2.75) is 12.0 Å². The molecule has 0 aliphatic carbocycles. The summed E-state index contributed by atoms with van der Waals surface area (Å²) >= 11 is 0. The average Bonchev–Trinajstić information content (AvgIpc) is 3.02.